The van der Waals surface area contributed by atoms with Crippen molar-refractivity contribution in [3.8, 4) is 0 Å². The highest BCUT2D eigenvalue weighted by Gasteiger charge is 2.34. The third-order valence-electron chi connectivity index (χ3n) is 5.10. The van der Waals surface area contributed by atoms with Crippen molar-refractivity contribution in [3.05, 3.63) is 71.4 Å². The standard InChI is InChI=1S/C21H21NO2/c1-24-21(23)17-12-11-16-13-15-7-5-6-10-19(15)22(20(16)14-17)18-8-3-2-4-9-18/h2-10,17H,11-14H2,1H3. The van der Waals surface area contributed by atoms with Crippen molar-refractivity contribution < 1.29 is 9.53 Å². The lowest BCUT2D eigenvalue weighted by Crippen LogP contribution is -2.31. The maximum atomic E-state index is 12.1. The zero-order chi connectivity index (χ0) is 16.5. The summed E-state index contributed by atoms with van der Waals surface area (Å²) in [6, 6.07) is 19.0. The van der Waals surface area contributed by atoms with E-state index in [1.165, 1.54) is 29.6 Å². The molecule has 0 amide bonds. The summed E-state index contributed by atoms with van der Waals surface area (Å²) in [5.41, 5.74) is 6.48. The first-order valence-corrected chi connectivity index (χ1v) is 8.49. The lowest BCUT2D eigenvalue weighted by atomic mass is 9.81. The molecule has 2 aliphatic rings. The van der Waals surface area contributed by atoms with Crippen molar-refractivity contribution in [2.45, 2.75) is 25.7 Å². The van der Waals surface area contributed by atoms with Crippen molar-refractivity contribution in [2.75, 3.05) is 12.0 Å². The first-order valence-electron chi connectivity index (χ1n) is 8.49. The van der Waals surface area contributed by atoms with Crippen molar-refractivity contribution >= 4 is 17.3 Å². The van der Waals surface area contributed by atoms with Gasteiger partial charge in [-0.15, -0.1) is 0 Å². The Kier molecular flexibility index (Phi) is 3.85. The average molecular weight is 319 g/mol. The smallest absolute Gasteiger partial charge is 0.309 e. The first kappa shape index (κ1) is 15.0. The van der Waals surface area contributed by atoms with Gasteiger partial charge in [-0.1, -0.05) is 36.4 Å². The molecule has 1 aliphatic carbocycles. The summed E-state index contributed by atoms with van der Waals surface area (Å²) in [7, 11) is 1.48. The quantitative estimate of drug-likeness (QED) is 0.757. The number of methoxy groups -OCH3 is 1. The number of rotatable bonds is 2. The summed E-state index contributed by atoms with van der Waals surface area (Å²) < 4.78 is 5.00. The fourth-order valence-corrected chi connectivity index (χ4v) is 3.91. The van der Waals surface area contributed by atoms with Gasteiger partial charge in [-0.05, 0) is 48.6 Å². The van der Waals surface area contributed by atoms with Gasteiger partial charge in [0.25, 0.3) is 0 Å². The second-order valence-corrected chi connectivity index (χ2v) is 6.49. The minimum absolute atomic E-state index is 0.0368. The molecule has 0 fully saturated rings. The van der Waals surface area contributed by atoms with Gasteiger partial charge in [0.2, 0.25) is 0 Å². The summed E-state index contributed by atoms with van der Waals surface area (Å²) in [5.74, 6) is -0.126. The number of esters is 1. The molecule has 0 saturated heterocycles. The molecule has 0 spiro atoms. The normalized spacial score (nSPS) is 19.5. The number of anilines is 2. The molecule has 0 bridgehead atoms. The van der Waals surface area contributed by atoms with Crippen LogP contribution in [-0.2, 0) is 16.0 Å². The number of allylic oxidation sites excluding steroid dienone is 2. The summed E-state index contributed by atoms with van der Waals surface area (Å²) in [6.07, 6.45) is 3.59. The van der Waals surface area contributed by atoms with Crippen molar-refractivity contribution in [2.24, 2.45) is 5.92 Å². The average Bonchev–Trinajstić information content (AvgIpc) is 2.65. The Labute approximate surface area is 142 Å². The third kappa shape index (κ3) is 2.50. The van der Waals surface area contributed by atoms with Crippen LogP contribution in [0.15, 0.2) is 65.9 Å². The summed E-state index contributed by atoms with van der Waals surface area (Å²) >= 11 is 0. The number of nitrogens with zero attached hydrogens (tertiary/aromatic N) is 1. The van der Waals surface area contributed by atoms with Crippen LogP contribution in [0.1, 0.15) is 24.8 Å². The van der Waals surface area contributed by atoms with E-state index in [0.717, 1.165) is 31.4 Å². The molecule has 0 N–H and O–H groups in total. The third-order valence-corrected chi connectivity index (χ3v) is 5.10. The van der Waals surface area contributed by atoms with E-state index in [1.807, 2.05) is 6.07 Å². The number of hydrogen-bond acceptors (Lipinski definition) is 3. The fraction of sp³-hybridized carbons (Fsp3) is 0.286. The van der Waals surface area contributed by atoms with Crippen LogP contribution in [0.5, 0.6) is 0 Å². The van der Waals surface area contributed by atoms with E-state index >= 15 is 0 Å². The molecular formula is C21H21NO2. The molecule has 1 atom stereocenters. The Bertz CT molecular complexity index is 794. The summed E-state index contributed by atoms with van der Waals surface area (Å²) in [6.45, 7) is 0. The van der Waals surface area contributed by atoms with Gasteiger partial charge in [-0.3, -0.25) is 4.79 Å². The van der Waals surface area contributed by atoms with E-state index in [1.54, 1.807) is 0 Å². The highest BCUT2D eigenvalue weighted by molar-refractivity contribution is 5.77. The van der Waals surface area contributed by atoms with Crippen LogP contribution in [0.25, 0.3) is 0 Å². The molecule has 3 heteroatoms. The number of benzene rings is 2. The van der Waals surface area contributed by atoms with Crippen LogP contribution in [0.4, 0.5) is 11.4 Å². The predicted octanol–water partition coefficient (Wildman–Crippen LogP) is 4.61. The Morgan fingerprint density at radius 1 is 1.08 bits per heavy atom. The molecule has 1 aliphatic heterocycles. The van der Waals surface area contributed by atoms with Crippen molar-refractivity contribution in [3.63, 3.8) is 0 Å². The predicted molar refractivity (Wildman–Crippen MR) is 95.1 cm³/mol. The second-order valence-electron chi connectivity index (χ2n) is 6.49. The number of ether oxygens (including phenoxy) is 1. The van der Waals surface area contributed by atoms with E-state index in [2.05, 4.69) is 53.4 Å². The molecule has 1 heterocycles. The zero-order valence-electron chi connectivity index (χ0n) is 13.9. The SMILES string of the molecule is COC(=O)C1CCC2=C(C1)N(c1ccccc1)c1ccccc1C2. The van der Waals surface area contributed by atoms with Crippen LogP contribution in [0.2, 0.25) is 0 Å². The molecule has 1 unspecified atom stereocenters. The molecule has 2 aromatic carbocycles. The van der Waals surface area contributed by atoms with E-state index in [-0.39, 0.29) is 11.9 Å². The molecule has 0 radical (unpaired) electrons. The second kappa shape index (κ2) is 6.16. The van der Waals surface area contributed by atoms with E-state index in [9.17, 15) is 4.79 Å². The minimum atomic E-state index is -0.0894. The van der Waals surface area contributed by atoms with Gasteiger partial charge >= 0.3 is 5.97 Å². The summed E-state index contributed by atoms with van der Waals surface area (Å²) in [4.78, 5) is 14.4. The Hall–Kier alpha value is -2.55. The van der Waals surface area contributed by atoms with Crippen molar-refractivity contribution in [1.82, 2.24) is 0 Å². The monoisotopic (exact) mass is 319 g/mol. The fourth-order valence-electron chi connectivity index (χ4n) is 3.91. The largest absolute Gasteiger partial charge is 0.469 e. The first-order chi connectivity index (χ1) is 11.8. The van der Waals surface area contributed by atoms with E-state index in [0.29, 0.717) is 0 Å². The lowest BCUT2D eigenvalue weighted by Gasteiger charge is -2.39. The molecule has 4 rings (SSSR count). The van der Waals surface area contributed by atoms with Crippen LogP contribution in [0.3, 0.4) is 0 Å². The van der Waals surface area contributed by atoms with E-state index in [4.69, 9.17) is 4.74 Å². The molecule has 122 valence electrons. The maximum absolute atomic E-state index is 12.1. The molecule has 24 heavy (non-hydrogen) atoms. The highest BCUT2D eigenvalue weighted by atomic mass is 16.5. The van der Waals surface area contributed by atoms with Gasteiger partial charge in [0.05, 0.1) is 13.0 Å². The molecule has 0 saturated carbocycles. The number of para-hydroxylation sites is 2. The molecular weight excluding hydrogens is 298 g/mol. The Morgan fingerprint density at radius 3 is 2.62 bits per heavy atom. The maximum Gasteiger partial charge on any atom is 0.309 e. The van der Waals surface area contributed by atoms with E-state index < -0.39 is 0 Å². The number of hydrogen-bond donors (Lipinski definition) is 0. The molecule has 3 nitrogen and oxygen atoms in total. The lowest BCUT2D eigenvalue weighted by molar-refractivity contribution is -0.145. The topological polar surface area (TPSA) is 29.5 Å². The zero-order valence-corrected chi connectivity index (χ0v) is 13.9. The molecule has 0 aromatic heterocycles. The van der Waals surface area contributed by atoms with Crippen molar-refractivity contribution in [1.29, 1.82) is 0 Å². The Balaban J connectivity index is 1.80. The minimum Gasteiger partial charge on any atom is -0.469 e. The Morgan fingerprint density at radius 2 is 1.83 bits per heavy atom. The number of fused-ring (bicyclic) bond motifs is 1. The van der Waals surface area contributed by atoms with Crippen LogP contribution in [0, 0.1) is 5.92 Å². The van der Waals surface area contributed by atoms with Gasteiger partial charge in [-0.2, -0.15) is 0 Å². The van der Waals surface area contributed by atoms with Gasteiger partial charge < -0.3 is 9.64 Å². The van der Waals surface area contributed by atoms with Crippen LogP contribution in [-0.4, -0.2) is 13.1 Å². The number of carbonyl (C=O) groups excluding carboxylic acids is 1. The highest BCUT2D eigenvalue weighted by Crippen LogP contribution is 2.45. The van der Waals surface area contributed by atoms with Crippen LogP contribution >= 0.6 is 0 Å². The van der Waals surface area contributed by atoms with Gasteiger partial charge in [-0.25, -0.2) is 0 Å². The van der Waals surface area contributed by atoms with Gasteiger partial charge in [0, 0.05) is 23.5 Å². The van der Waals surface area contributed by atoms with Gasteiger partial charge in [0.15, 0.2) is 0 Å². The molecule has 2 aromatic rings. The van der Waals surface area contributed by atoms with Crippen LogP contribution < -0.4 is 4.90 Å². The number of carbonyl (C=O) groups is 1. The summed E-state index contributed by atoms with van der Waals surface area (Å²) in [5, 5.41) is 0. The van der Waals surface area contributed by atoms with Gasteiger partial charge in [0.1, 0.15) is 0 Å².